The van der Waals surface area contributed by atoms with Crippen LogP contribution in [0.15, 0.2) is 115 Å². The van der Waals surface area contributed by atoms with E-state index in [9.17, 15) is 19.2 Å². The maximum absolute atomic E-state index is 13.4. The number of hydrogen-bond acceptors (Lipinski definition) is 7. The molecule has 2 saturated heterocycles. The molecular formula is C43H44N6O6. The van der Waals surface area contributed by atoms with Crippen molar-refractivity contribution in [1.29, 1.82) is 0 Å². The van der Waals surface area contributed by atoms with Crippen molar-refractivity contribution >= 4 is 35.0 Å². The van der Waals surface area contributed by atoms with E-state index in [0.29, 0.717) is 37.3 Å². The number of ether oxygens (including phenoxy) is 2. The molecule has 282 valence electrons. The molecule has 3 N–H and O–H groups in total. The summed E-state index contributed by atoms with van der Waals surface area (Å²) in [5.41, 5.74) is 5.99. The summed E-state index contributed by atoms with van der Waals surface area (Å²) in [4.78, 5) is 56.8. The van der Waals surface area contributed by atoms with Crippen LogP contribution in [0.4, 0.5) is 11.4 Å². The van der Waals surface area contributed by atoms with Gasteiger partial charge in [0.1, 0.15) is 12.1 Å². The summed E-state index contributed by atoms with van der Waals surface area (Å²) in [6.07, 6.45) is 1.09. The Bertz CT molecular complexity index is 1960. The summed E-state index contributed by atoms with van der Waals surface area (Å²) in [7, 11) is 3.01. The smallest absolute Gasteiger partial charge is 0.257 e. The molecule has 2 aliphatic heterocycles. The third-order valence-corrected chi connectivity index (χ3v) is 10.3. The molecule has 4 atom stereocenters. The average Bonchev–Trinajstić information content (AvgIpc) is 4.02. The number of anilines is 2. The highest BCUT2D eigenvalue weighted by Gasteiger charge is 2.39. The van der Waals surface area contributed by atoms with E-state index in [2.05, 4.69) is 20.8 Å². The van der Waals surface area contributed by atoms with Crippen LogP contribution in [-0.2, 0) is 28.7 Å². The number of H-pyrrole nitrogens is 1. The maximum atomic E-state index is 13.4. The van der Waals surface area contributed by atoms with Gasteiger partial charge in [-0.05, 0) is 72.7 Å². The van der Waals surface area contributed by atoms with Gasteiger partial charge < -0.3 is 29.9 Å². The van der Waals surface area contributed by atoms with Gasteiger partial charge >= 0.3 is 0 Å². The lowest BCUT2D eigenvalue weighted by atomic mass is 10.1. The first-order valence-electron chi connectivity index (χ1n) is 18.5. The van der Waals surface area contributed by atoms with E-state index >= 15 is 0 Å². The molecule has 0 aliphatic carbocycles. The van der Waals surface area contributed by atoms with E-state index in [1.165, 1.54) is 14.2 Å². The third kappa shape index (κ3) is 8.20. The lowest BCUT2D eigenvalue weighted by molar-refractivity contribution is -0.146. The number of rotatable bonds is 12. The van der Waals surface area contributed by atoms with Gasteiger partial charge in [0.15, 0.2) is 12.2 Å². The van der Waals surface area contributed by atoms with Crippen molar-refractivity contribution in [3.63, 3.8) is 0 Å². The number of nitrogens with zero attached hydrogens (tertiary/aromatic N) is 3. The van der Waals surface area contributed by atoms with Gasteiger partial charge in [0.2, 0.25) is 11.8 Å². The lowest BCUT2D eigenvalue weighted by Gasteiger charge is -2.27. The molecule has 3 heterocycles. The molecule has 0 bridgehead atoms. The molecule has 0 spiro atoms. The normalized spacial score (nSPS) is 17.8. The van der Waals surface area contributed by atoms with Gasteiger partial charge in [-0.15, -0.1) is 0 Å². The fourth-order valence-electron chi connectivity index (χ4n) is 7.45. The molecule has 12 nitrogen and oxygen atoms in total. The molecule has 4 aromatic carbocycles. The molecule has 0 saturated carbocycles. The summed E-state index contributed by atoms with van der Waals surface area (Å²) >= 11 is 0. The number of likely N-dealkylation sites (tertiary alicyclic amines) is 2. The Hall–Kier alpha value is -6.11. The second kappa shape index (κ2) is 16.9. The van der Waals surface area contributed by atoms with Crippen LogP contribution in [-0.4, -0.2) is 83.0 Å². The van der Waals surface area contributed by atoms with Crippen LogP contribution in [0.3, 0.4) is 0 Å². The summed E-state index contributed by atoms with van der Waals surface area (Å²) in [5.74, 6) is -0.915. The van der Waals surface area contributed by atoms with E-state index in [1.807, 2.05) is 115 Å². The second-order valence-electron chi connectivity index (χ2n) is 13.7. The van der Waals surface area contributed by atoms with E-state index in [-0.39, 0.29) is 23.6 Å². The van der Waals surface area contributed by atoms with Crippen LogP contribution >= 0.6 is 0 Å². The predicted molar refractivity (Wildman–Crippen MR) is 209 cm³/mol. The minimum Gasteiger partial charge on any atom is -0.367 e. The van der Waals surface area contributed by atoms with Crippen LogP contribution in [0.25, 0.3) is 22.5 Å². The summed E-state index contributed by atoms with van der Waals surface area (Å²) in [6.45, 7) is 0.989. The van der Waals surface area contributed by atoms with E-state index in [4.69, 9.17) is 9.47 Å². The minimum atomic E-state index is -0.770. The van der Waals surface area contributed by atoms with Crippen LogP contribution in [0, 0.1) is 0 Å². The molecule has 2 aliphatic rings. The summed E-state index contributed by atoms with van der Waals surface area (Å²) in [5, 5.41) is 13.5. The number of benzene rings is 4. The standard InChI is InChI=1S/C43H44N6O6/c1-54-38(30-11-5-3-6-12-30)42(52)48-25-9-15-36(48)40(50)44-32-21-17-28(18-22-32)34-27-35(47-46-34)29-19-23-33(24-20-29)45-41(51)37-16-10-26-49(37)43(53)39(55-2)31-13-7-4-8-14-31/h3-8,11-14,17-24,27,36-39H,9-10,15-16,25-26H2,1-2H3,(H,44,50)(H,45,51)(H,46,47)/t36-,37-,38+,39+/m0/s1. The van der Waals surface area contributed by atoms with E-state index < -0.39 is 24.3 Å². The highest BCUT2D eigenvalue weighted by atomic mass is 16.5. The summed E-state index contributed by atoms with van der Waals surface area (Å²) < 4.78 is 11.1. The fourth-order valence-corrected chi connectivity index (χ4v) is 7.45. The zero-order chi connectivity index (χ0) is 38.3. The number of hydrogen-bond donors (Lipinski definition) is 3. The van der Waals surface area contributed by atoms with Gasteiger partial charge in [-0.2, -0.15) is 5.10 Å². The molecule has 0 radical (unpaired) electrons. The van der Waals surface area contributed by atoms with Gasteiger partial charge in [-0.25, -0.2) is 0 Å². The van der Waals surface area contributed by atoms with E-state index in [1.54, 1.807) is 9.80 Å². The highest BCUT2D eigenvalue weighted by Crippen LogP contribution is 2.30. The van der Waals surface area contributed by atoms with Gasteiger partial charge in [-0.3, -0.25) is 24.3 Å². The highest BCUT2D eigenvalue weighted by molar-refractivity contribution is 5.99. The predicted octanol–water partition coefficient (Wildman–Crippen LogP) is 6.38. The first-order valence-corrected chi connectivity index (χ1v) is 18.5. The van der Waals surface area contributed by atoms with Crippen molar-refractivity contribution in [2.45, 2.75) is 50.0 Å². The number of aromatic nitrogens is 2. The van der Waals surface area contributed by atoms with Crippen LogP contribution < -0.4 is 10.6 Å². The number of methoxy groups -OCH3 is 2. The molecule has 12 heteroatoms. The Morgan fingerprint density at radius 2 is 1.07 bits per heavy atom. The lowest BCUT2D eigenvalue weighted by Crippen LogP contribution is -2.45. The number of carbonyl (C=O) groups excluding carboxylic acids is 4. The van der Waals surface area contributed by atoms with Crippen molar-refractivity contribution in [1.82, 2.24) is 20.0 Å². The number of nitrogens with one attached hydrogen (secondary N) is 3. The SMILES string of the molecule is CO[C@@H](C(=O)N1CCC[C@H]1C(=O)Nc1ccc(-c2cc(-c3ccc(NC(=O)[C@@H]4CCCN4C(=O)[C@H](OC)c4ccccc4)cc3)[nH]n2)cc1)c1ccccc1. The van der Waals surface area contributed by atoms with Crippen molar-refractivity contribution in [2.75, 3.05) is 37.9 Å². The Morgan fingerprint density at radius 1 is 0.636 bits per heavy atom. The van der Waals surface area contributed by atoms with Crippen molar-refractivity contribution in [2.24, 2.45) is 0 Å². The van der Waals surface area contributed by atoms with E-state index in [0.717, 1.165) is 46.5 Å². The molecule has 2 fully saturated rings. The number of aromatic amines is 1. The monoisotopic (exact) mass is 740 g/mol. The largest absolute Gasteiger partial charge is 0.367 e. The van der Waals surface area contributed by atoms with Crippen molar-refractivity contribution < 1.29 is 28.7 Å². The van der Waals surface area contributed by atoms with Crippen LogP contribution in [0.2, 0.25) is 0 Å². The van der Waals surface area contributed by atoms with Crippen LogP contribution in [0.1, 0.15) is 49.0 Å². The summed E-state index contributed by atoms with van der Waals surface area (Å²) in [6, 6.07) is 34.2. The second-order valence-corrected chi connectivity index (χ2v) is 13.7. The molecule has 7 rings (SSSR count). The number of carbonyl (C=O) groups is 4. The first kappa shape index (κ1) is 37.2. The Balaban J connectivity index is 0.944. The van der Waals surface area contributed by atoms with Gasteiger partial charge in [0, 0.05) is 44.2 Å². The van der Waals surface area contributed by atoms with Gasteiger partial charge in [-0.1, -0.05) is 84.9 Å². The van der Waals surface area contributed by atoms with Crippen molar-refractivity contribution in [3.8, 4) is 22.5 Å². The number of amides is 4. The molecule has 55 heavy (non-hydrogen) atoms. The quantitative estimate of drug-likeness (QED) is 0.135. The zero-order valence-corrected chi connectivity index (χ0v) is 30.8. The van der Waals surface area contributed by atoms with Gasteiger partial charge in [0.25, 0.3) is 11.8 Å². The Labute approximate surface area is 319 Å². The topological polar surface area (TPSA) is 146 Å². The fraction of sp³-hybridized carbons (Fsp3) is 0.279. The Morgan fingerprint density at radius 3 is 1.51 bits per heavy atom. The van der Waals surface area contributed by atoms with Crippen LogP contribution in [0.5, 0.6) is 0 Å². The first-order chi connectivity index (χ1) is 26.8. The Kier molecular flexibility index (Phi) is 11.4. The molecule has 1 aromatic heterocycles. The average molecular weight is 741 g/mol. The van der Waals surface area contributed by atoms with Crippen molar-refractivity contribution in [3.05, 3.63) is 126 Å². The van der Waals surface area contributed by atoms with Gasteiger partial charge in [0.05, 0.1) is 11.4 Å². The molecule has 0 unspecified atom stereocenters. The maximum Gasteiger partial charge on any atom is 0.257 e. The molecule has 5 aromatic rings. The molecular weight excluding hydrogens is 697 g/mol. The molecule has 4 amide bonds. The third-order valence-electron chi connectivity index (χ3n) is 10.3. The minimum absolute atomic E-state index is 0.222. The zero-order valence-electron chi connectivity index (χ0n) is 30.8.